The van der Waals surface area contributed by atoms with Crippen LogP contribution in [0.4, 0.5) is 0 Å². The zero-order valence-corrected chi connectivity index (χ0v) is 19.1. The van der Waals surface area contributed by atoms with Crippen LogP contribution in [0.5, 0.6) is 0 Å². The molecule has 2 aliphatic heterocycles. The first kappa shape index (κ1) is 21.6. The Labute approximate surface area is 189 Å². The molecule has 1 aromatic carbocycles. The van der Waals surface area contributed by atoms with Gasteiger partial charge in [-0.3, -0.25) is 4.79 Å². The van der Waals surface area contributed by atoms with Gasteiger partial charge in [-0.2, -0.15) is 0 Å². The lowest BCUT2D eigenvalue weighted by Gasteiger charge is -2.40. The summed E-state index contributed by atoms with van der Waals surface area (Å²) in [6, 6.07) is 8.28. The summed E-state index contributed by atoms with van der Waals surface area (Å²) in [5.41, 5.74) is 2.31. The zero-order chi connectivity index (χ0) is 19.4. The Balaban J connectivity index is 0.00000240. The molecule has 1 amide bonds. The van der Waals surface area contributed by atoms with Crippen molar-refractivity contribution >= 4 is 35.8 Å². The molecule has 2 fully saturated rings. The maximum atomic E-state index is 11.8. The predicted molar refractivity (Wildman–Crippen MR) is 125 cm³/mol. The largest absolute Gasteiger partial charge is 0.357 e. The highest BCUT2D eigenvalue weighted by atomic mass is 127. The average Bonchev–Trinajstić information content (AvgIpc) is 3.36. The van der Waals surface area contributed by atoms with E-state index in [0.717, 1.165) is 56.2 Å². The number of likely N-dealkylation sites (tertiary alicyclic amines) is 1. The number of hydrogen-bond donors (Lipinski definition) is 2. The monoisotopic (exact) mass is 508 g/mol. The highest BCUT2D eigenvalue weighted by Crippen LogP contribution is 2.36. The van der Waals surface area contributed by atoms with Crippen LogP contribution in [0.25, 0.3) is 5.69 Å². The van der Waals surface area contributed by atoms with Crippen molar-refractivity contribution in [3.63, 3.8) is 0 Å². The number of nitrogens with zero attached hydrogens (tertiary/aromatic N) is 4. The summed E-state index contributed by atoms with van der Waals surface area (Å²) in [6.45, 7) is 6.15. The third-order valence-corrected chi connectivity index (χ3v) is 5.67. The van der Waals surface area contributed by atoms with Crippen LogP contribution in [0.15, 0.2) is 48.0 Å². The lowest BCUT2D eigenvalue weighted by Crippen LogP contribution is -2.51. The first-order valence-corrected chi connectivity index (χ1v) is 10.1. The molecule has 1 spiro atoms. The minimum absolute atomic E-state index is 0. The van der Waals surface area contributed by atoms with Crippen molar-refractivity contribution in [3.05, 3.63) is 48.5 Å². The van der Waals surface area contributed by atoms with Gasteiger partial charge in [0.15, 0.2) is 5.96 Å². The number of nitrogens with one attached hydrogen (secondary N) is 2. The number of imidazole rings is 1. The number of carbonyl (C=O) groups excluding carboxylic acids is 1. The molecular weight excluding hydrogens is 479 g/mol. The van der Waals surface area contributed by atoms with E-state index in [9.17, 15) is 4.79 Å². The second kappa shape index (κ2) is 9.60. The number of benzene rings is 1. The molecule has 1 unspecified atom stereocenters. The van der Waals surface area contributed by atoms with Crippen molar-refractivity contribution < 1.29 is 4.79 Å². The molecular formula is C21H29IN6O. The van der Waals surface area contributed by atoms with Crippen LogP contribution in [0.3, 0.4) is 0 Å². The van der Waals surface area contributed by atoms with Gasteiger partial charge in [0, 0.05) is 50.4 Å². The van der Waals surface area contributed by atoms with E-state index in [4.69, 9.17) is 4.99 Å². The Bertz CT molecular complexity index is 853. The van der Waals surface area contributed by atoms with Gasteiger partial charge in [-0.05, 0) is 31.4 Å². The minimum atomic E-state index is 0. The van der Waals surface area contributed by atoms with Gasteiger partial charge in [-0.15, -0.1) is 24.0 Å². The number of carbonyl (C=O) groups is 1. The van der Waals surface area contributed by atoms with E-state index in [2.05, 4.69) is 39.6 Å². The van der Waals surface area contributed by atoms with Crippen LogP contribution in [0.2, 0.25) is 0 Å². The van der Waals surface area contributed by atoms with Crippen molar-refractivity contribution in [3.8, 4) is 5.69 Å². The standard InChI is InChI=1S/C21H28N6O.HI/c1-2-23-20(26-10-5-8-21(15-26)12-19(28)25-14-21)24-13-17-6-3-4-7-18(17)27-11-9-22-16-27;/h3-4,6-7,9,11,16H,2,5,8,10,12-15H2,1H3,(H,23,24)(H,25,28);1H. The molecule has 3 heterocycles. The van der Waals surface area contributed by atoms with Gasteiger partial charge in [-0.1, -0.05) is 18.2 Å². The Hall–Kier alpha value is -2.10. The fourth-order valence-electron chi connectivity index (χ4n) is 4.31. The van der Waals surface area contributed by atoms with Crippen LogP contribution in [0.1, 0.15) is 31.7 Å². The quantitative estimate of drug-likeness (QED) is 0.379. The Kier molecular flexibility index (Phi) is 7.15. The number of para-hydroxylation sites is 1. The second-order valence-electron chi connectivity index (χ2n) is 7.75. The normalized spacial score (nSPS) is 21.8. The van der Waals surface area contributed by atoms with Crippen LogP contribution in [-0.2, 0) is 11.3 Å². The Morgan fingerprint density at radius 1 is 1.38 bits per heavy atom. The number of piperidine rings is 1. The number of aliphatic imine (C=N–C) groups is 1. The molecule has 2 N–H and O–H groups in total. The summed E-state index contributed by atoms with van der Waals surface area (Å²) in [4.78, 5) is 23.2. The third-order valence-electron chi connectivity index (χ3n) is 5.67. The fraction of sp³-hybridized carbons (Fsp3) is 0.476. The molecule has 1 aromatic heterocycles. The SMILES string of the molecule is CCNC(=NCc1ccccc1-n1ccnc1)N1CCCC2(CNC(=O)C2)C1.I. The number of hydrogen-bond acceptors (Lipinski definition) is 3. The van der Waals surface area contributed by atoms with Crippen LogP contribution in [0, 0.1) is 5.41 Å². The van der Waals surface area contributed by atoms with E-state index in [1.54, 1.807) is 6.20 Å². The topological polar surface area (TPSA) is 74.6 Å². The highest BCUT2D eigenvalue weighted by Gasteiger charge is 2.42. The highest BCUT2D eigenvalue weighted by molar-refractivity contribution is 14.0. The molecule has 0 saturated carbocycles. The maximum Gasteiger partial charge on any atom is 0.220 e. The smallest absolute Gasteiger partial charge is 0.220 e. The van der Waals surface area contributed by atoms with Gasteiger partial charge in [0.05, 0.1) is 18.6 Å². The molecule has 0 radical (unpaired) electrons. The molecule has 0 aliphatic carbocycles. The van der Waals surface area contributed by atoms with Crippen LogP contribution in [-0.4, -0.2) is 52.5 Å². The summed E-state index contributed by atoms with van der Waals surface area (Å²) in [5, 5.41) is 6.46. The molecule has 2 saturated heterocycles. The van der Waals surface area contributed by atoms with Crippen molar-refractivity contribution in [2.24, 2.45) is 10.4 Å². The molecule has 4 rings (SSSR count). The van der Waals surface area contributed by atoms with Gasteiger partial charge in [0.2, 0.25) is 5.91 Å². The van der Waals surface area contributed by atoms with Gasteiger partial charge < -0.3 is 20.1 Å². The number of halogens is 1. The van der Waals surface area contributed by atoms with E-state index >= 15 is 0 Å². The summed E-state index contributed by atoms with van der Waals surface area (Å²) in [6.07, 6.45) is 8.37. The lowest BCUT2D eigenvalue weighted by molar-refractivity contribution is -0.119. The van der Waals surface area contributed by atoms with Gasteiger partial charge >= 0.3 is 0 Å². The van der Waals surface area contributed by atoms with E-state index in [1.165, 1.54) is 0 Å². The maximum absolute atomic E-state index is 11.8. The lowest BCUT2D eigenvalue weighted by atomic mass is 9.79. The van der Waals surface area contributed by atoms with Gasteiger partial charge in [-0.25, -0.2) is 9.98 Å². The Morgan fingerprint density at radius 2 is 2.24 bits per heavy atom. The molecule has 7 nitrogen and oxygen atoms in total. The first-order chi connectivity index (χ1) is 13.7. The number of aromatic nitrogens is 2. The number of amides is 1. The summed E-state index contributed by atoms with van der Waals surface area (Å²) in [5.74, 6) is 1.11. The predicted octanol–water partition coefficient (Wildman–Crippen LogP) is 2.56. The van der Waals surface area contributed by atoms with Crippen LogP contribution < -0.4 is 10.6 Å². The molecule has 2 aromatic rings. The van der Waals surface area contributed by atoms with Crippen molar-refractivity contribution in [1.29, 1.82) is 0 Å². The average molecular weight is 508 g/mol. The minimum Gasteiger partial charge on any atom is -0.357 e. The second-order valence-corrected chi connectivity index (χ2v) is 7.75. The molecule has 29 heavy (non-hydrogen) atoms. The first-order valence-electron chi connectivity index (χ1n) is 10.1. The molecule has 2 aliphatic rings. The summed E-state index contributed by atoms with van der Waals surface area (Å²) >= 11 is 0. The van der Waals surface area contributed by atoms with Crippen molar-refractivity contribution in [2.75, 3.05) is 26.2 Å². The molecule has 156 valence electrons. The van der Waals surface area contributed by atoms with Gasteiger partial charge in [0.1, 0.15) is 0 Å². The third kappa shape index (κ3) is 4.91. The van der Waals surface area contributed by atoms with E-state index in [1.807, 2.05) is 29.2 Å². The molecule has 1 atom stereocenters. The Morgan fingerprint density at radius 3 is 2.97 bits per heavy atom. The van der Waals surface area contributed by atoms with Crippen LogP contribution >= 0.6 is 24.0 Å². The number of guanidine groups is 1. The van der Waals surface area contributed by atoms with Crippen molar-refractivity contribution in [2.45, 2.75) is 32.7 Å². The summed E-state index contributed by atoms with van der Waals surface area (Å²) in [7, 11) is 0. The fourth-order valence-corrected chi connectivity index (χ4v) is 4.31. The van der Waals surface area contributed by atoms with E-state index in [-0.39, 0.29) is 35.3 Å². The van der Waals surface area contributed by atoms with Gasteiger partial charge in [0.25, 0.3) is 0 Å². The van der Waals surface area contributed by atoms with Crippen molar-refractivity contribution in [1.82, 2.24) is 25.1 Å². The zero-order valence-electron chi connectivity index (χ0n) is 16.8. The number of rotatable bonds is 4. The van der Waals surface area contributed by atoms with E-state index in [0.29, 0.717) is 13.0 Å². The van der Waals surface area contributed by atoms with E-state index < -0.39 is 0 Å². The molecule has 8 heteroatoms. The molecule has 0 bridgehead atoms. The summed E-state index contributed by atoms with van der Waals surface area (Å²) < 4.78 is 2.02.